The average Bonchev–Trinajstić information content (AvgIpc) is 2.36. The zero-order chi connectivity index (χ0) is 13.5. The predicted molar refractivity (Wildman–Crippen MR) is 86.8 cm³/mol. The van der Waals surface area contributed by atoms with Gasteiger partial charge in [0.1, 0.15) is 6.04 Å². The second-order valence-corrected chi connectivity index (χ2v) is 5.24. The standard InChI is InChI=1S/C13H27N3O2.2ClH/c1-10-6-4-5-7-16(10)11(2)8-15-13(17)12(14)9-18-3;;/h10-12H,4-9,14H2,1-3H3,(H,15,17);2*1H. The van der Waals surface area contributed by atoms with E-state index in [1.807, 2.05) is 0 Å². The number of likely N-dealkylation sites (tertiary alicyclic amines) is 1. The highest BCUT2D eigenvalue weighted by molar-refractivity contribution is 5.85. The number of methoxy groups -OCH3 is 1. The van der Waals surface area contributed by atoms with Crippen molar-refractivity contribution in [2.24, 2.45) is 5.73 Å². The molecule has 0 bridgehead atoms. The highest BCUT2D eigenvalue weighted by Gasteiger charge is 2.23. The lowest BCUT2D eigenvalue weighted by atomic mass is 10.0. The maximum Gasteiger partial charge on any atom is 0.239 e. The minimum atomic E-state index is -0.569. The van der Waals surface area contributed by atoms with Gasteiger partial charge in [0.05, 0.1) is 6.61 Å². The zero-order valence-corrected chi connectivity index (χ0v) is 14.3. The number of carbonyl (C=O) groups is 1. The monoisotopic (exact) mass is 329 g/mol. The van der Waals surface area contributed by atoms with Crippen LogP contribution in [0.4, 0.5) is 0 Å². The summed E-state index contributed by atoms with van der Waals surface area (Å²) >= 11 is 0. The lowest BCUT2D eigenvalue weighted by Gasteiger charge is -2.38. The van der Waals surface area contributed by atoms with Gasteiger partial charge in [-0.1, -0.05) is 6.42 Å². The molecule has 1 heterocycles. The lowest BCUT2D eigenvalue weighted by molar-refractivity contribution is -0.123. The van der Waals surface area contributed by atoms with Crippen molar-refractivity contribution in [2.75, 3.05) is 26.8 Å². The van der Waals surface area contributed by atoms with Crippen molar-refractivity contribution in [3.63, 3.8) is 0 Å². The van der Waals surface area contributed by atoms with Gasteiger partial charge in [0, 0.05) is 25.7 Å². The molecule has 3 atom stereocenters. The van der Waals surface area contributed by atoms with Crippen LogP contribution >= 0.6 is 24.8 Å². The quantitative estimate of drug-likeness (QED) is 0.768. The summed E-state index contributed by atoms with van der Waals surface area (Å²) in [7, 11) is 1.55. The molecule has 0 aromatic rings. The molecule has 3 unspecified atom stereocenters. The molecule has 1 aliphatic rings. The number of ether oxygens (including phenoxy) is 1. The number of amides is 1. The topological polar surface area (TPSA) is 67.6 Å². The third kappa shape index (κ3) is 7.09. The molecule has 1 fully saturated rings. The van der Waals surface area contributed by atoms with Gasteiger partial charge in [-0.05, 0) is 33.2 Å². The number of piperidine rings is 1. The molecule has 0 radical (unpaired) electrons. The van der Waals surface area contributed by atoms with Crippen molar-refractivity contribution in [3.05, 3.63) is 0 Å². The van der Waals surface area contributed by atoms with Crippen molar-refractivity contribution in [3.8, 4) is 0 Å². The van der Waals surface area contributed by atoms with Crippen LogP contribution < -0.4 is 11.1 Å². The van der Waals surface area contributed by atoms with E-state index in [2.05, 4.69) is 24.1 Å². The largest absolute Gasteiger partial charge is 0.383 e. The zero-order valence-electron chi connectivity index (χ0n) is 12.6. The molecule has 0 aromatic heterocycles. The molecule has 0 aromatic carbocycles. The summed E-state index contributed by atoms with van der Waals surface area (Å²) in [5, 5.41) is 2.90. The first-order valence-corrected chi connectivity index (χ1v) is 6.84. The molecular formula is C13H29Cl2N3O2. The van der Waals surface area contributed by atoms with Gasteiger partial charge in [0.15, 0.2) is 0 Å². The summed E-state index contributed by atoms with van der Waals surface area (Å²) in [5.41, 5.74) is 5.67. The number of halogens is 2. The van der Waals surface area contributed by atoms with Crippen LogP contribution in [0.25, 0.3) is 0 Å². The summed E-state index contributed by atoms with van der Waals surface area (Å²) in [5.74, 6) is -0.131. The number of rotatable bonds is 6. The van der Waals surface area contributed by atoms with Gasteiger partial charge in [-0.3, -0.25) is 9.69 Å². The molecule has 1 amide bonds. The minimum Gasteiger partial charge on any atom is -0.383 e. The van der Waals surface area contributed by atoms with Crippen LogP contribution in [0.5, 0.6) is 0 Å². The Balaban J connectivity index is 0. The number of hydrogen-bond donors (Lipinski definition) is 2. The second-order valence-electron chi connectivity index (χ2n) is 5.24. The molecule has 1 aliphatic heterocycles. The van der Waals surface area contributed by atoms with Crippen LogP contribution in [0.2, 0.25) is 0 Å². The van der Waals surface area contributed by atoms with Crippen LogP contribution in [0, 0.1) is 0 Å². The Labute approximate surface area is 134 Å². The normalized spacial score (nSPS) is 22.1. The molecule has 1 saturated heterocycles. The molecule has 1 rings (SSSR count). The fourth-order valence-corrected chi connectivity index (χ4v) is 2.53. The SMILES string of the molecule is COCC(N)C(=O)NCC(C)N1CCCCC1C.Cl.Cl. The highest BCUT2D eigenvalue weighted by Crippen LogP contribution is 2.18. The van der Waals surface area contributed by atoms with E-state index in [1.165, 1.54) is 19.3 Å². The van der Waals surface area contributed by atoms with Crippen LogP contribution in [0.15, 0.2) is 0 Å². The summed E-state index contributed by atoms with van der Waals surface area (Å²) in [4.78, 5) is 14.1. The molecule has 3 N–H and O–H groups in total. The van der Waals surface area contributed by atoms with Gasteiger partial charge < -0.3 is 15.8 Å². The van der Waals surface area contributed by atoms with E-state index in [4.69, 9.17) is 10.5 Å². The predicted octanol–water partition coefficient (Wildman–Crippen LogP) is 1.18. The van der Waals surface area contributed by atoms with Gasteiger partial charge in [0.2, 0.25) is 5.91 Å². The van der Waals surface area contributed by atoms with Gasteiger partial charge in [-0.15, -0.1) is 24.8 Å². The third-order valence-corrected chi connectivity index (χ3v) is 3.68. The van der Waals surface area contributed by atoms with Crippen molar-refractivity contribution in [1.82, 2.24) is 10.2 Å². The highest BCUT2D eigenvalue weighted by atomic mass is 35.5. The Morgan fingerprint density at radius 3 is 2.65 bits per heavy atom. The minimum absolute atomic E-state index is 0. The van der Waals surface area contributed by atoms with E-state index in [0.717, 1.165) is 6.54 Å². The molecule has 0 spiro atoms. The van der Waals surface area contributed by atoms with Crippen molar-refractivity contribution >= 4 is 30.7 Å². The fourth-order valence-electron chi connectivity index (χ4n) is 2.53. The van der Waals surface area contributed by atoms with Crippen LogP contribution in [-0.4, -0.2) is 55.7 Å². The van der Waals surface area contributed by atoms with E-state index < -0.39 is 6.04 Å². The molecule has 0 saturated carbocycles. The molecule has 122 valence electrons. The Morgan fingerprint density at radius 2 is 2.10 bits per heavy atom. The lowest BCUT2D eigenvalue weighted by Crippen LogP contribution is -2.51. The van der Waals surface area contributed by atoms with Crippen LogP contribution in [-0.2, 0) is 9.53 Å². The Bertz CT molecular complexity index is 270. The van der Waals surface area contributed by atoms with Gasteiger partial charge in [-0.2, -0.15) is 0 Å². The number of hydrogen-bond acceptors (Lipinski definition) is 4. The summed E-state index contributed by atoms with van der Waals surface area (Å²) in [6.45, 7) is 6.46. The van der Waals surface area contributed by atoms with E-state index in [0.29, 0.717) is 18.6 Å². The second kappa shape index (κ2) is 11.6. The number of nitrogens with two attached hydrogens (primary N) is 1. The third-order valence-electron chi connectivity index (χ3n) is 3.68. The molecule has 20 heavy (non-hydrogen) atoms. The van der Waals surface area contributed by atoms with E-state index >= 15 is 0 Å². The summed E-state index contributed by atoms with van der Waals surface area (Å²) in [6.07, 6.45) is 3.82. The summed E-state index contributed by atoms with van der Waals surface area (Å²) < 4.78 is 4.87. The molecule has 0 aliphatic carbocycles. The Kier molecular flexibility index (Phi) is 12.9. The molecular weight excluding hydrogens is 301 g/mol. The molecule has 5 nitrogen and oxygen atoms in total. The van der Waals surface area contributed by atoms with E-state index in [9.17, 15) is 4.79 Å². The van der Waals surface area contributed by atoms with Gasteiger partial charge in [-0.25, -0.2) is 0 Å². The van der Waals surface area contributed by atoms with E-state index in [-0.39, 0.29) is 37.3 Å². The van der Waals surface area contributed by atoms with Gasteiger partial charge >= 0.3 is 0 Å². The fraction of sp³-hybridized carbons (Fsp3) is 0.923. The maximum atomic E-state index is 11.7. The first-order chi connectivity index (χ1) is 8.56. The van der Waals surface area contributed by atoms with Gasteiger partial charge in [0.25, 0.3) is 0 Å². The number of nitrogens with zero attached hydrogens (tertiary/aromatic N) is 1. The summed E-state index contributed by atoms with van der Waals surface area (Å²) in [6, 6.07) is 0.401. The van der Waals surface area contributed by atoms with Crippen LogP contribution in [0.1, 0.15) is 33.1 Å². The smallest absolute Gasteiger partial charge is 0.239 e. The first kappa shape index (κ1) is 22.2. The van der Waals surface area contributed by atoms with Crippen molar-refractivity contribution in [1.29, 1.82) is 0 Å². The molecule has 7 heteroatoms. The van der Waals surface area contributed by atoms with Crippen LogP contribution in [0.3, 0.4) is 0 Å². The maximum absolute atomic E-state index is 11.7. The number of nitrogens with one attached hydrogen (secondary N) is 1. The van der Waals surface area contributed by atoms with E-state index in [1.54, 1.807) is 7.11 Å². The average molecular weight is 330 g/mol. The number of carbonyl (C=O) groups excluding carboxylic acids is 1. The Hall–Kier alpha value is -0.0700. The van der Waals surface area contributed by atoms with Crippen molar-refractivity contribution in [2.45, 2.75) is 51.2 Å². The first-order valence-electron chi connectivity index (χ1n) is 6.84. The van der Waals surface area contributed by atoms with Crippen molar-refractivity contribution < 1.29 is 9.53 Å². The Morgan fingerprint density at radius 1 is 1.45 bits per heavy atom.